The lowest BCUT2D eigenvalue weighted by Gasteiger charge is -2.24. The van der Waals surface area contributed by atoms with Gasteiger partial charge in [0.1, 0.15) is 5.92 Å². The summed E-state index contributed by atoms with van der Waals surface area (Å²) in [6.07, 6.45) is 2.22. The fraction of sp³-hybridized carbons (Fsp3) is 0.286. The van der Waals surface area contributed by atoms with Crippen molar-refractivity contribution < 1.29 is 9.59 Å². The van der Waals surface area contributed by atoms with Gasteiger partial charge in [-0.2, -0.15) is 0 Å². The molecule has 2 amide bonds. The molecule has 1 atom stereocenters. The van der Waals surface area contributed by atoms with Crippen LogP contribution in [-0.2, 0) is 9.59 Å². The predicted octanol–water partition coefficient (Wildman–Crippen LogP) is 2.76. The molecule has 1 unspecified atom stereocenters. The maximum absolute atomic E-state index is 12.2. The van der Waals surface area contributed by atoms with E-state index >= 15 is 0 Å². The first-order chi connectivity index (χ1) is 13.1. The van der Waals surface area contributed by atoms with Gasteiger partial charge in [0.25, 0.3) is 0 Å². The molecule has 2 N–H and O–H groups in total. The lowest BCUT2D eigenvalue weighted by atomic mass is 10.0. The Labute approximate surface area is 158 Å². The molecule has 0 bridgehead atoms. The molecule has 6 nitrogen and oxygen atoms in total. The summed E-state index contributed by atoms with van der Waals surface area (Å²) in [6, 6.07) is 13.7. The number of amides is 2. The molecule has 2 aliphatic rings. The standard InChI is InChI=1S/C21H22N4O2/c1-14-12-15(6-7-19(14)25-10-8-20(26)22-9-11-25)23-13-17-16-4-2-3-5-18(16)24-21(17)27/h2-7,12-13,17H,8-11H2,1H3,(H,22,26)(H,24,27). The Morgan fingerprint density at radius 1 is 1.15 bits per heavy atom. The zero-order chi connectivity index (χ0) is 18.8. The molecule has 4 rings (SSSR count). The van der Waals surface area contributed by atoms with Gasteiger partial charge in [0.2, 0.25) is 11.8 Å². The van der Waals surface area contributed by atoms with Crippen LogP contribution in [0.2, 0.25) is 0 Å². The highest BCUT2D eigenvalue weighted by atomic mass is 16.2. The summed E-state index contributed by atoms with van der Waals surface area (Å²) in [7, 11) is 0. The number of benzene rings is 2. The molecule has 6 heteroatoms. The Bertz CT molecular complexity index is 922. The normalized spacial score (nSPS) is 19.6. The van der Waals surface area contributed by atoms with Gasteiger partial charge in [-0.05, 0) is 42.3 Å². The van der Waals surface area contributed by atoms with E-state index in [2.05, 4.69) is 20.5 Å². The van der Waals surface area contributed by atoms with Crippen molar-refractivity contribution in [2.75, 3.05) is 29.9 Å². The molecular formula is C21H22N4O2. The molecule has 138 valence electrons. The predicted molar refractivity (Wildman–Crippen MR) is 107 cm³/mol. The SMILES string of the molecule is Cc1cc(N=CC2C(=O)Nc3ccccc32)ccc1N1CCNC(=O)CC1. The lowest BCUT2D eigenvalue weighted by molar-refractivity contribution is -0.120. The van der Waals surface area contributed by atoms with Crippen LogP contribution in [0, 0.1) is 6.92 Å². The van der Waals surface area contributed by atoms with Crippen molar-refractivity contribution in [1.29, 1.82) is 0 Å². The van der Waals surface area contributed by atoms with Gasteiger partial charge >= 0.3 is 0 Å². The number of anilines is 2. The largest absolute Gasteiger partial charge is 0.369 e. The summed E-state index contributed by atoms with van der Waals surface area (Å²) in [4.78, 5) is 30.5. The highest BCUT2D eigenvalue weighted by molar-refractivity contribution is 6.12. The smallest absolute Gasteiger partial charge is 0.237 e. The molecule has 27 heavy (non-hydrogen) atoms. The van der Waals surface area contributed by atoms with Gasteiger partial charge in [-0.25, -0.2) is 0 Å². The third-order valence-corrected chi connectivity index (χ3v) is 5.04. The number of carbonyl (C=O) groups is 2. The second-order valence-electron chi connectivity index (χ2n) is 6.89. The number of fused-ring (bicyclic) bond motifs is 1. The van der Waals surface area contributed by atoms with Crippen molar-refractivity contribution in [2.24, 2.45) is 4.99 Å². The van der Waals surface area contributed by atoms with Crippen molar-refractivity contribution in [3.63, 3.8) is 0 Å². The number of hydrogen-bond acceptors (Lipinski definition) is 4. The molecule has 2 aromatic carbocycles. The van der Waals surface area contributed by atoms with Crippen LogP contribution in [0.15, 0.2) is 47.5 Å². The second kappa shape index (κ2) is 7.23. The average molecular weight is 362 g/mol. The number of aryl methyl sites for hydroxylation is 1. The Morgan fingerprint density at radius 2 is 2.00 bits per heavy atom. The first-order valence-electron chi connectivity index (χ1n) is 9.18. The van der Waals surface area contributed by atoms with E-state index in [0.29, 0.717) is 19.5 Å². The van der Waals surface area contributed by atoms with Crippen LogP contribution in [0.5, 0.6) is 0 Å². The molecule has 2 aliphatic heterocycles. The van der Waals surface area contributed by atoms with E-state index in [1.54, 1.807) is 6.21 Å². The molecule has 2 aromatic rings. The number of para-hydroxylation sites is 1. The lowest BCUT2D eigenvalue weighted by Crippen LogP contribution is -2.28. The monoisotopic (exact) mass is 362 g/mol. The van der Waals surface area contributed by atoms with Gasteiger partial charge in [-0.1, -0.05) is 18.2 Å². The van der Waals surface area contributed by atoms with Crippen molar-refractivity contribution in [3.05, 3.63) is 53.6 Å². The minimum atomic E-state index is -0.358. The number of nitrogens with zero attached hydrogens (tertiary/aromatic N) is 2. The van der Waals surface area contributed by atoms with Gasteiger partial charge < -0.3 is 15.5 Å². The summed E-state index contributed by atoms with van der Waals surface area (Å²) in [6.45, 7) is 4.23. The van der Waals surface area contributed by atoms with Crippen LogP contribution in [0.3, 0.4) is 0 Å². The Morgan fingerprint density at radius 3 is 2.85 bits per heavy atom. The minimum absolute atomic E-state index is 0.0463. The number of carbonyl (C=O) groups excluding carboxylic acids is 2. The van der Waals surface area contributed by atoms with Crippen molar-refractivity contribution in [3.8, 4) is 0 Å². The van der Waals surface area contributed by atoms with Crippen LogP contribution in [0.4, 0.5) is 17.1 Å². The van der Waals surface area contributed by atoms with Crippen molar-refractivity contribution >= 4 is 35.1 Å². The van der Waals surface area contributed by atoms with Crippen LogP contribution in [0.25, 0.3) is 0 Å². The molecule has 1 fully saturated rings. The Balaban J connectivity index is 1.52. The topological polar surface area (TPSA) is 73.8 Å². The molecule has 0 aromatic heterocycles. The van der Waals surface area contributed by atoms with Crippen LogP contribution in [-0.4, -0.2) is 37.7 Å². The third-order valence-electron chi connectivity index (χ3n) is 5.04. The van der Waals surface area contributed by atoms with E-state index < -0.39 is 0 Å². The minimum Gasteiger partial charge on any atom is -0.369 e. The number of aliphatic imine (C=N–C) groups is 1. The molecule has 0 aliphatic carbocycles. The van der Waals surface area contributed by atoms with Gasteiger partial charge in [0.05, 0.1) is 5.69 Å². The molecular weight excluding hydrogens is 340 g/mol. The molecule has 1 saturated heterocycles. The quantitative estimate of drug-likeness (QED) is 0.825. The Kier molecular flexibility index (Phi) is 4.62. The van der Waals surface area contributed by atoms with Crippen LogP contribution < -0.4 is 15.5 Å². The van der Waals surface area contributed by atoms with Crippen LogP contribution in [0.1, 0.15) is 23.5 Å². The average Bonchev–Trinajstić information content (AvgIpc) is 2.82. The second-order valence-corrected chi connectivity index (χ2v) is 6.89. The molecule has 0 saturated carbocycles. The van der Waals surface area contributed by atoms with E-state index in [1.807, 2.05) is 49.4 Å². The molecule has 0 spiro atoms. The zero-order valence-electron chi connectivity index (χ0n) is 15.2. The highest BCUT2D eigenvalue weighted by Crippen LogP contribution is 2.32. The third kappa shape index (κ3) is 3.56. The summed E-state index contributed by atoms with van der Waals surface area (Å²) in [5, 5.41) is 5.78. The van der Waals surface area contributed by atoms with Gasteiger partial charge in [0.15, 0.2) is 0 Å². The fourth-order valence-corrected chi connectivity index (χ4v) is 3.62. The van der Waals surface area contributed by atoms with Gasteiger partial charge in [-0.3, -0.25) is 14.6 Å². The maximum Gasteiger partial charge on any atom is 0.237 e. The van der Waals surface area contributed by atoms with E-state index in [9.17, 15) is 9.59 Å². The zero-order valence-corrected chi connectivity index (χ0v) is 15.2. The molecule has 2 heterocycles. The maximum atomic E-state index is 12.2. The highest BCUT2D eigenvalue weighted by Gasteiger charge is 2.28. The summed E-state index contributed by atoms with van der Waals surface area (Å²) in [5.74, 6) is -0.301. The van der Waals surface area contributed by atoms with E-state index in [1.165, 1.54) is 0 Å². The number of nitrogens with one attached hydrogen (secondary N) is 2. The van der Waals surface area contributed by atoms with Crippen LogP contribution >= 0.6 is 0 Å². The summed E-state index contributed by atoms with van der Waals surface area (Å²) < 4.78 is 0. The molecule has 0 radical (unpaired) electrons. The Hall–Kier alpha value is -3.15. The summed E-state index contributed by atoms with van der Waals surface area (Å²) >= 11 is 0. The van der Waals surface area contributed by atoms with E-state index in [0.717, 1.165) is 34.7 Å². The number of hydrogen-bond donors (Lipinski definition) is 2. The first kappa shape index (κ1) is 17.3. The van der Waals surface area contributed by atoms with Gasteiger partial charge in [0, 0.05) is 43.6 Å². The first-order valence-corrected chi connectivity index (χ1v) is 9.18. The van der Waals surface area contributed by atoms with Gasteiger partial charge in [-0.15, -0.1) is 0 Å². The number of rotatable bonds is 3. The fourth-order valence-electron chi connectivity index (χ4n) is 3.62. The van der Waals surface area contributed by atoms with E-state index in [4.69, 9.17) is 0 Å². The van der Waals surface area contributed by atoms with E-state index in [-0.39, 0.29) is 17.7 Å². The van der Waals surface area contributed by atoms with Crippen molar-refractivity contribution in [2.45, 2.75) is 19.3 Å². The van der Waals surface area contributed by atoms with Crippen molar-refractivity contribution in [1.82, 2.24) is 5.32 Å². The summed E-state index contributed by atoms with van der Waals surface area (Å²) in [5.41, 5.74) is 4.86.